The van der Waals surface area contributed by atoms with Crippen molar-refractivity contribution in [3.05, 3.63) is 83.2 Å². The first-order chi connectivity index (χ1) is 16.1. The van der Waals surface area contributed by atoms with Crippen LogP contribution in [0.15, 0.2) is 65.1 Å². The summed E-state index contributed by atoms with van der Waals surface area (Å²) in [6.45, 7) is 1.05. The predicted octanol–water partition coefficient (Wildman–Crippen LogP) is 5.44. The molecule has 6 nitrogen and oxygen atoms in total. The maximum atomic E-state index is 13.4. The number of carbonyl (C=O) groups excluding carboxylic acids is 1. The van der Waals surface area contributed by atoms with Gasteiger partial charge in [-0.3, -0.25) is 4.79 Å². The molecule has 4 aromatic rings. The smallest absolute Gasteiger partial charge is 0.314 e. The number of nitrogens with zero attached hydrogens (tertiary/aromatic N) is 3. The molecule has 3 aromatic carbocycles. The van der Waals surface area contributed by atoms with Crippen molar-refractivity contribution in [2.24, 2.45) is 0 Å². The number of ether oxygens (including phenoxy) is 1. The zero-order valence-corrected chi connectivity index (χ0v) is 17.3. The van der Waals surface area contributed by atoms with Gasteiger partial charge in [0.05, 0.1) is 18.8 Å². The Morgan fingerprint density at radius 2 is 1.79 bits per heavy atom. The highest BCUT2D eigenvalue weighted by molar-refractivity contribution is 6.12. The zero-order chi connectivity index (χ0) is 22.5. The molecule has 1 amide bonds. The van der Waals surface area contributed by atoms with Crippen LogP contribution in [0.25, 0.3) is 22.6 Å². The first-order valence-corrected chi connectivity index (χ1v) is 10.5. The zero-order valence-electron chi connectivity index (χ0n) is 17.3. The Hall–Kier alpha value is -4.07. The number of carbonyl (C=O) groups is 1. The highest BCUT2D eigenvalue weighted by Gasteiger charge is 2.31. The lowest BCUT2D eigenvalue weighted by Crippen LogP contribution is -2.23. The number of halogens is 2. The minimum Gasteiger partial charge on any atom is -0.493 e. The molecule has 0 aliphatic carbocycles. The molecule has 0 saturated carbocycles. The van der Waals surface area contributed by atoms with Crippen molar-refractivity contribution in [2.45, 2.75) is 19.4 Å². The van der Waals surface area contributed by atoms with E-state index in [1.807, 2.05) is 42.5 Å². The Morgan fingerprint density at radius 3 is 2.64 bits per heavy atom. The summed E-state index contributed by atoms with van der Waals surface area (Å²) >= 11 is 0. The van der Waals surface area contributed by atoms with Crippen molar-refractivity contribution in [1.29, 1.82) is 0 Å². The van der Waals surface area contributed by atoms with Gasteiger partial charge in [0, 0.05) is 28.7 Å². The van der Waals surface area contributed by atoms with Crippen LogP contribution in [0, 0.1) is 0 Å². The van der Waals surface area contributed by atoms with E-state index in [4.69, 9.17) is 9.15 Å². The molecule has 0 fully saturated rings. The van der Waals surface area contributed by atoms with E-state index in [2.05, 4.69) is 10.2 Å². The van der Waals surface area contributed by atoms with Crippen LogP contribution < -0.4 is 9.64 Å². The van der Waals surface area contributed by atoms with Gasteiger partial charge in [-0.1, -0.05) is 36.4 Å². The molecular formula is C25H17F2N3O3. The predicted molar refractivity (Wildman–Crippen MR) is 116 cm³/mol. The number of hydrogen-bond acceptors (Lipinski definition) is 5. The number of rotatable bonds is 4. The van der Waals surface area contributed by atoms with E-state index in [0.29, 0.717) is 24.3 Å². The second kappa shape index (κ2) is 7.51. The number of para-hydroxylation sites is 1. The van der Waals surface area contributed by atoms with Gasteiger partial charge >= 0.3 is 6.43 Å². The molecule has 1 aromatic heterocycles. The molecule has 2 aliphatic heterocycles. The summed E-state index contributed by atoms with van der Waals surface area (Å²) in [5.74, 6) is -0.0752. The molecule has 0 saturated heterocycles. The van der Waals surface area contributed by atoms with E-state index < -0.39 is 12.3 Å². The van der Waals surface area contributed by atoms with Crippen LogP contribution in [0.1, 0.15) is 33.8 Å². The van der Waals surface area contributed by atoms with Crippen LogP contribution in [-0.2, 0) is 13.0 Å². The van der Waals surface area contributed by atoms with Gasteiger partial charge in [0.15, 0.2) is 0 Å². The van der Waals surface area contributed by atoms with Crippen LogP contribution in [-0.4, -0.2) is 22.7 Å². The summed E-state index contributed by atoms with van der Waals surface area (Å²) in [6, 6.07) is 18.9. The lowest BCUT2D eigenvalue weighted by atomic mass is 9.96. The fourth-order valence-corrected chi connectivity index (χ4v) is 4.48. The van der Waals surface area contributed by atoms with Gasteiger partial charge in [0.2, 0.25) is 5.89 Å². The first kappa shape index (κ1) is 19.6. The van der Waals surface area contributed by atoms with Gasteiger partial charge in [0.25, 0.3) is 11.8 Å². The highest BCUT2D eigenvalue weighted by atomic mass is 19.3. The third kappa shape index (κ3) is 3.17. The first-order valence-electron chi connectivity index (χ1n) is 10.5. The maximum Gasteiger partial charge on any atom is 0.314 e. The molecular weight excluding hydrogens is 428 g/mol. The molecule has 0 radical (unpaired) electrons. The Morgan fingerprint density at radius 1 is 0.939 bits per heavy atom. The third-order valence-corrected chi connectivity index (χ3v) is 6.02. The van der Waals surface area contributed by atoms with E-state index in [9.17, 15) is 13.6 Å². The highest BCUT2D eigenvalue weighted by Crippen LogP contribution is 2.41. The van der Waals surface area contributed by atoms with E-state index in [1.165, 1.54) is 0 Å². The lowest BCUT2D eigenvalue weighted by molar-refractivity contribution is 0.0996. The van der Waals surface area contributed by atoms with E-state index in [1.54, 1.807) is 23.1 Å². The molecule has 8 heteroatoms. The van der Waals surface area contributed by atoms with Crippen LogP contribution in [0.2, 0.25) is 0 Å². The van der Waals surface area contributed by atoms with Gasteiger partial charge < -0.3 is 14.1 Å². The van der Waals surface area contributed by atoms with Crippen molar-refractivity contribution >= 4 is 11.6 Å². The quantitative estimate of drug-likeness (QED) is 0.419. The number of fused-ring (bicyclic) bond motifs is 2. The molecule has 164 valence electrons. The van der Waals surface area contributed by atoms with Crippen molar-refractivity contribution < 1.29 is 22.7 Å². The second-order valence-electron chi connectivity index (χ2n) is 7.91. The number of amides is 1. The standard InChI is InChI=1S/C25H17F2N3O3/c26-22(27)24-29-28-23(33-24)14-8-9-15-13-30(25(31)19(15)12-14)20-6-2-1-4-17(20)16-5-3-7-21-18(16)10-11-32-21/h1-9,12,22H,10-11,13H2. The SMILES string of the molecule is O=C1c2cc(-c3nnc(C(F)F)o3)ccc2CN1c1ccccc1-c1cccc2c1CCO2. The van der Waals surface area contributed by atoms with E-state index >= 15 is 0 Å². The Balaban J connectivity index is 1.38. The summed E-state index contributed by atoms with van der Waals surface area (Å²) < 4.78 is 36.4. The summed E-state index contributed by atoms with van der Waals surface area (Å²) in [4.78, 5) is 15.2. The summed E-state index contributed by atoms with van der Waals surface area (Å²) in [7, 11) is 0. The maximum absolute atomic E-state index is 13.4. The molecule has 6 rings (SSSR count). The Kier molecular flexibility index (Phi) is 4.46. The molecule has 0 N–H and O–H groups in total. The number of alkyl halides is 2. The minimum absolute atomic E-state index is 0.0420. The van der Waals surface area contributed by atoms with Crippen LogP contribution in [0.4, 0.5) is 14.5 Å². The van der Waals surface area contributed by atoms with Gasteiger partial charge in [-0.2, -0.15) is 8.78 Å². The van der Waals surface area contributed by atoms with Gasteiger partial charge in [0.1, 0.15) is 5.75 Å². The van der Waals surface area contributed by atoms with Crippen LogP contribution in [0.3, 0.4) is 0 Å². The average Bonchev–Trinajstić information content (AvgIpc) is 3.58. The molecule has 0 atom stereocenters. The molecule has 33 heavy (non-hydrogen) atoms. The average molecular weight is 445 g/mol. The fourth-order valence-electron chi connectivity index (χ4n) is 4.48. The van der Waals surface area contributed by atoms with Crippen LogP contribution in [0.5, 0.6) is 5.75 Å². The second-order valence-corrected chi connectivity index (χ2v) is 7.91. The molecule has 0 bridgehead atoms. The molecule has 3 heterocycles. The lowest BCUT2D eigenvalue weighted by Gasteiger charge is -2.21. The minimum atomic E-state index is -2.85. The monoisotopic (exact) mass is 445 g/mol. The van der Waals surface area contributed by atoms with E-state index in [-0.39, 0.29) is 11.8 Å². The molecule has 2 aliphatic rings. The van der Waals surface area contributed by atoms with Gasteiger partial charge in [-0.15, -0.1) is 10.2 Å². The van der Waals surface area contributed by atoms with Gasteiger partial charge in [-0.25, -0.2) is 0 Å². The van der Waals surface area contributed by atoms with Crippen molar-refractivity contribution in [3.63, 3.8) is 0 Å². The number of hydrogen-bond donors (Lipinski definition) is 0. The van der Waals surface area contributed by atoms with Crippen molar-refractivity contribution in [3.8, 4) is 28.3 Å². The number of benzene rings is 3. The Bertz CT molecular complexity index is 1400. The largest absolute Gasteiger partial charge is 0.493 e. The van der Waals surface area contributed by atoms with Crippen LogP contribution >= 0.6 is 0 Å². The number of anilines is 1. The molecule has 0 spiro atoms. The van der Waals surface area contributed by atoms with Crippen molar-refractivity contribution in [1.82, 2.24) is 10.2 Å². The summed E-state index contributed by atoms with van der Waals surface area (Å²) in [5, 5.41) is 7.06. The normalized spacial score (nSPS) is 14.5. The third-order valence-electron chi connectivity index (χ3n) is 6.02. The fraction of sp³-hybridized carbons (Fsp3) is 0.160. The number of aromatic nitrogens is 2. The topological polar surface area (TPSA) is 68.5 Å². The summed E-state index contributed by atoms with van der Waals surface area (Å²) in [6.07, 6.45) is -2.03. The summed E-state index contributed by atoms with van der Waals surface area (Å²) in [5.41, 5.74) is 5.71. The van der Waals surface area contributed by atoms with Crippen molar-refractivity contribution in [2.75, 3.05) is 11.5 Å². The molecule has 0 unspecified atom stereocenters. The van der Waals surface area contributed by atoms with E-state index in [0.717, 1.165) is 40.1 Å². The Labute approximate surface area is 187 Å². The van der Waals surface area contributed by atoms with Gasteiger partial charge in [-0.05, 0) is 35.4 Å².